The van der Waals surface area contributed by atoms with Crippen LogP contribution in [0, 0.1) is 11.6 Å². The van der Waals surface area contributed by atoms with E-state index in [0.29, 0.717) is 18.7 Å². The minimum Gasteiger partial charge on any atom is -0.395 e. The van der Waals surface area contributed by atoms with E-state index in [9.17, 15) is 8.78 Å². The molecule has 2 nitrogen and oxygen atoms in total. The van der Waals surface area contributed by atoms with Gasteiger partial charge in [-0.15, -0.1) is 11.6 Å². The Morgan fingerprint density at radius 3 is 2.62 bits per heavy atom. The van der Waals surface area contributed by atoms with Gasteiger partial charge in [0.25, 0.3) is 0 Å². The van der Waals surface area contributed by atoms with E-state index >= 15 is 0 Å². The topological polar surface area (TPSA) is 23.5 Å². The Morgan fingerprint density at radius 1 is 1.38 bits per heavy atom. The number of rotatable bonds is 5. The number of hydrogen-bond donors (Lipinski definition) is 1. The molecular weight excluding hydrogens is 236 g/mol. The summed E-state index contributed by atoms with van der Waals surface area (Å²) in [6.07, 6.45) is 0. The van der Waals surface area contributed by atoms with Crippen molar-refractivity contribution >= 4 is 11.6 Å². The van der Waals surface area contributed by atoms with Crippen LogP contribution in [0.2, 0.25) is 0 Å². The third-order valence-corrected chi connectivity index (χ3v) is 2.65. The van der Waals surface area contributed by atoms with Crippen LogP contribution >= 0.6 is 11.6 Å². The second-order valence-corrected chi connectivity index (χ2v) is 4.15. The Bertz CT molecular complexity index is 349. The highest BCUT2D eigenvalue weighted by molar-refractivity contribution is 6.21. The standard InChI is InChI=1S/C11H14ClF2NO/c1-15(4-5-16)7-9(12)8-2-3-10(13)11(14)6-8/h2-3,6,9,16H,4-5,7H2,1H3. The van der Waals surface area contributed by atoms with Crippen molar-refractivity contribution in [3.8, 4) is 0 Å². The number of benzene rings is 1. The summed E-state index contributed by atoms with van der Waals surface area (Å²) in [5.74, 6) is -1.77. The molecule has 0 heterocycles. The van der Waals surface area contributed by atoms with Crippen molar-refractivity contribution in [1.29, 1.82) is 0 Å². The van der Waals surface area contributed by atoms with E-state index in [-0.39, 0.29) is 6.61 Å². The first kappa shape index (κ1) is 13.4. The Hall–Kier alpha value is -0.710. The lowest BCUT2D eigenvalue weighted by atomic mass is 10.1. The first-order valence-electron chi connectivity index (χ1n) is 4.93. The van der Waals surface area contributed by atoms with Crippen LogP contribution in [0.1, 0.15) is 10.9 Å². The van der Waals surface area contributed by atoms with Crippen molar-refractivity contribution in [3.63, 3.8) is 0 Å². The average molecular weight is 250 g/mol. The third-order valence-electron chi connectivity index (χ3n) is 2.26. The van der Waals surface area contributed by atoms with Crippen LogP contribution in [0.25, 0.3) is 0 Å². The van der Waals surface area contributed by atoms with Crippen molar-refractivity contribution in [2.75, 3.05) is 26.7 Å². The molecule has 1 N–H and O–H groups in total. The highest BCUT2D eigenvalue weighted by Gasteiger charge is 2.13. The van der Waals surface area contributed by atoms with Gasteiger partial charge in [0.05, 0.1) is 12.0 Å². The molecule has 90 valence electrons. The van der Waals surface area contributed by atoms with Gasteiger partial charge >= 0.3 is 0 Å². The summed E-state index contributed by atoms with van der Waals surface area (Å²) in [5.41, 5.74) is 0.533. The van der Waals surface area contributed by atoms with Crippen molar-refractivity contribution in [2.45, 2.75) is 5.38 Å². The van der Waals surface area contributed by atoms with Crippen LogP contribution < -0.4 is 0 Å². The largest absolute Gasteiger partial charge is 0.395 e. The maximum absolute atomic E-state index is 12.9. The van der Waals surface area contributed by atoms with Crippen molar-refractivity contribution in [1.82, 2.24) is 4.90 Å². The lowest BCUT2D eigenvalue weighted by molar-refractivity contribution is 0.221. The van der Waals surface area contributed by atoms with Crippen LogP contribution in [-0.2, 0) is 0 Å². The molecule has 0 aliphatic rings. The number of halogens is 3. The van der Waals surface area contributed by atoms with E-state index in [0.717, 1.165) is 12.1 Å². The monoisotopic (exact) mass is 249 g/mol. The second kappa shape index (κ2) is 6.13. The first-order chi connectivity index (χ1) is 7.54. The van der Waals surface area contributed by atoms with Crippen LogP contribution in [0.15, 0.2) is 18.2 Å². The van der Waals surface area contributed by atoms with Crippen molar-refractivity contribution in [3.05, 3.63) is 35.4 Å². The fraction of sp³-hybridized carbons (Fsp3) is 0.455. The predicted octanol–water partition coefficient (Wildman–Crippen LogP) is 2.17. The molecule has 0 aliphatic heterocycles. The first-order valence-corrected chi connectivity index (χ1v) is 5.36. The van der Waals surface area contributed by atoms with Gasteiger partial charge in [-0.1, -0.05) is 6.07 Å². The normalized spacial score (nSPS) is 13.1. The fourth-order valence-electron chi connectivity index (χ4n) is 1.35. The fourth-order valence-corrected chi connectivity index (χ4v) is 1.72. The van der Waals surface area contributed by atoms with Crippen LogP contribution in [0.5, 0.6) is 0 Å². The van der Waals surface area contributed by atoms with Gasteiger partial charge in [0.2, 0.25) is 0 Å². The summed E-state index contributed by atoms with van der Waals surface area (Å²) < 4.78 is 25.6. The number of aliphatic hydroxyl groups is 1. The molecule has 0 amide bonds. The minimum absolute atomic E-state index is 0.0396. The average Bonchev–Trinajstić information content (AvgIpc) is 2.22. The quantitative estimate of drug-likeness (QED) is 0.809. The Labute approximate surface area is 98.4 Å². The van der Waals surface area contributed by atoms with Crippen molar-refractivity contribution in [2.24, 2.45) is 0 Å². The highest BCUT2D eigenvalue weighted by atomic mass is 35.5. The van der Waals surface area contributed by atoms with Crippen LogP contribution in [-0.4, -0.2) is 36.8 Å². The lowest BCUT2D eigenvalue weighted by Crippen LogP contribution is -2.25. The molecule has 1 unspecified atom stereocenters. The molecule has 16 heavy (non-hydrogen) atoms. The van der Waals surface area contributed by atoms with Gasteiger partial charge in [-0.25, -0.2) is 8.78 Å². The predicted molar refractivity (Wildman–Crippen MR) is 59.5 cm³/mol. The summed E-state index contributed by atoms with van der Waals surface area (Å²) in [4.78, 5) is 1.82. The smallest absolute Gasteiger partial charge is 0.159 e. The molecule has 0 aliphatic carbocycles. The molecule has 0 bridgehead atoms. The van der Waals surface area contributed by atoms with Gasteiger partial charge in [-0.05, 0) is 24.7 Å². The Balaban J connectivity index is 2.65. The Morgan fingerprint density at radius 2 is 2.06 bits per heavy atom. The minimum atomic E-state index is -0.895. The third kappa shape index (κ3) is 3.70. The molecule has 0 saturated heterocycles. The number of aliphatic hydroxyl groups excluding tert-OH is 1. The van der Waals surface area contributed by atoms with E-state index < -0.39 is 17.0 Å². The van der Waals surface area contributed by atoms with Gasteiger partial charge in [-0.2, -0.15) is 0 Å². The molecule has 0 aromatic heterocycles. The molecule has 1 atom stereocenters. The van der Waals surface area contributed by atoms with E-state index in [2.05, 4.69) is 0 Å². The maximum atomic E-state index is 12.9. The van der Waals surface area contributed by atoms with Crippen molar-refractivity contribution < 1.29 is 13.9 Å². The summed E-state index contributed by atoms with van der Waals surface area (Å²) >= 11 is 6.05. The van der Waals surface area contributed by atoms with Crippen LogP contribution in [0.3, 0.4) is 0 Å². The Kier molecular flexibility index (Phi) is 5.12. The number of likely N-dealkylation sites (N-methyl/N-ethyl adjacent to an activating group) is 1. The summed E-state index contributed by atoms with van der Waals surface area (Å²) in [7, 11) is 1.80. The molecule has 0 saturated carbocycles. The van der Waals surface area contributed by atoms with E-state index in [1.807, 2.05) is 4.90 Å². The summed E-state index contributed by atoms with van der Waals surface area (Å²) in [6, 6.07) is 3.62. The highest BCUT2D eigenvalue weighted by Crippen LogP contribution is 2.22. The molecule has 1 aromatic carbocycles. The molecule has 0 spiro atoms. The molecular formula is C11H14ClF2NO. The second-order valence-electron chi connectivity index (χ2n) is 3.63. The molecule has 1 aromatic rings. The van der Waals surface area contributed by atoms with Gasteiger partial charge in [-0.3, -0.25) is 0 Å². The van der Waals surface area contributed by atoms with E-state index in [4.69, 9.17) is 16.7 Å². The summed E-state index contributed by atoms with van der Waals surface area (Å²) in [6.45, 7) is 0.998. The van der Waals surface area contributed by atoms with Gasteiger partial charge < -0.3 is 10.0 Å². The maximum Gasteiger partial charge on any atom is 0.159 e. The summed E-state index contributed by atoms with van der Waals surface area (Å²) in [5, 5.41) is 8.28. The van der Waals surface area contributed by atoms with E-state index in [1.54, 1.807) is 7.05 Å². The van der Waals surface area contributed by atoms with Gasteiger partial charge in [0.1, 0.15) is 0 Å². The molecule has 0 radical (unpaired) electrons. The zero-order chi connectivity index (χ0) is 12.1. The van der Waals surface area contributed by atoms with Gasteiger partial charge in [0.15, 0.2) is 11.6 Å². The zero-order valence-electron chi connectivity index (χ0n) is 8.96. The molecule has 0 fully saturated rings. The van der Waals surface area contributed by atoms with Crippen LogP contribution in [0.4, 0.5) is 8.78 Å². The lowest BCUT2D eigenvalue weighted by Gasteiger charge is -2.19. The van der Waals surface area contributed by atoms with E-state index in [1.165, 1.54) is 6.07 Å². The number of alkyl halides is 1. The molecule has 1 rings (SSSR count). The number of nitrogens with zero attached hydrogens (tertiary/aromatic N) is 1. The number of hydrogen-bond acceptors (Lipinski definition) is 2. The SMILES string of the molecule is CN(CCO)CC(Cl)c1ccc(F)c(F)c1. The zero-order valence-corrected chi connectivity index (χ0v) is 9.71. The van der Waals surface area contributed by atoms with Gasteiger partial charge in [0, 0.05) is 13.1 Å². The molecule has 5 heteroatoms.